The van der Waals surface area contributed by atoms with Gasteiger partial charge in [-0.3, -0.25) is 0 Å². The van der Waals surface area contributed by atoms with Gasteiger partial charge in [0, 0.05) is 29.7 Å². The Morgan fingerprint density at radius 3 is 2.68 bits per heavy atom. The molecule has 0 saturated carbocycles. The predicted molar refractivity (Wildman–Crippen MR) is 111 cm³/mol. The van der Waals surface area contributed by atoms with Gasteiger partial charge < -0.3 is 19.5 Å². The molecule has 1 N–H and O–H groups in total. The van der Waals surface area contributed by atoms with Gasteiger partial charge in [-0.25, -0.2) is 4.79 Å². The molecule has 0 spiro atoms. The van der Waals surface area contributed by atoms with Crippen LogP contribution in [-0.2, 0) is 6.54 Å². The summed E-state index contributed by atoms with van der Waals surface area (Å²) in [5.74, 6) is 1.43. The lowest BCUT2D eigenvalue weighted by molar-refractivity contribution is 0.201. The van der Waals surface area contributed by atoms with Gasteiger partial charge >= 0.3 is 6.03 Å². The van der Waals surface area contributed by atoms with Gasteiger partial charge in [-0.2, -0.15) is 0 Å². The van der Waals surface area contributed by atoms with Crippen LogP contribution >= 0.6 is 15.9 Å². The first-order valence-electron chi connectivity index (χ1n) is 9.00. The fraction of sp³-hybridized carbons (Fsp3) is 0.238. The van der Waals surface area contributed by atoms with E-state index < -0.39 is 0 Å². The van der Waals surface area contributed by atoms with Crippen molar-refractivity contribution in [3.05, 3.63) is 70.9 Å². The van der Waals surface area contributed by atoms with Crippen molar-refractivity contribution in [2.45, 2.75) is 13.0 Å². The summed E-state index contributed by atoms with van der Waals surface area (Å²) < 4.78 is 12.0. The molecule has 0 radical (unpaired) electrons. The van der Waals surface area contributed by atoms with Crippen LogP contribution in [0.2, 0.25) is 0 Å². The Morgan fingerprint density at radius 2 is 1.93 bits per heavy atom. The van der Waals surface area contributed by atoms with E-state index in [1.165, 1.54) is 0 Å². The number of nitrogens with one attached hydrogen (secondary N) is 1. The highest BCUT2D eigenvalue weighted by molar-refractivity contribution is 9.10. The van der Waals surface area contributed by atoms with Crippen LogP contribution in [0.1, 0.15) is 12.2 Å². The van der Waals surface area contributed by atoms with E-state index in [1.54, 1.807) is 11.9 Å². The predicted octanol–water partition coefficient (Wildman–Crippen LogP) is 4.71. The summed E-state index contributed by atoms with van der Waals surface area (Å²) >= 11 is 3.39. The summed E-state index contributed by atoms with van der Waals surface area (Å²) in [6.45, 7) is 1.42. The van der Waals surface area contributed by atoms with Gasteiger partial charge in [-0.05, 0) is 30.7 Å². The highest BCUT2D eigenvalue weighted by Crippen LogP contribution is 2.18. The molecule has 0 bridgehead atoms. The van der Waals surface area contributed by atoms with Crippen molar-refractivity contribution in [2.75, 3.05) is 20.2 Å². The molecular formula is C21H22BrN3O3. The molecule has 0 aliphatic carbocycles. The lowest BCUT2D eigenvalue weighted by Gasteiger charge is -2.17. The van der Waals surface area contributed by atoms with Gasteiger partial charge in [-0.1, -0.05) is 51.4 Å². The first-order valence-corrected chi connectivity index (χ1v) is 9.79. The summed E-state index contributed by atoms with van der Waals surface area (Å²) in [5.41, 5.74) is 1.73. The second kappa shape index (κ2) is 9.94. The Labute approximate surface area is 172 Å². The normalized spacial score (nSPS) is 10.5. The zero-order chi connectivity index (χ0) is 19.8. The van der Waals surface area contributed by atoms with Crippen molar-refractivity contribution in [3.63, 3.8) is 0 Å². The highest BCUT2D eigenvalue weighted by atomic mass is 79.9. The minimum atomic E-state index is -0.165. The van der Waals surface area contributed by atoms with Crippen LogP contribution in [-0.4, -0.2) is 36.3 Å². The Hall–Kier alpha value is -2.80. The third-order valence-electron chi connectivity index (χ3n) is 4.11. The van der Waals surface area contributed by atoms with Crippen LogP contribution in [0.4, 0.5) is 4.79 Å². The van der Waals surface area contributed by atoms with Crippen LogP contribution in [0.15, 0.2) is 69.7 Å². The van der Waals surface area contributed by atoms with Gasteiger partial charge in [0.1, 0.15) is 11.4 Å². The molecule has 3 rings (SSSR count). The number of nitrogens with zero attached hydrogens (tertiary/aromatic N) is 2. The molecule has 0 fully saturated rings. The van der Waals surface area contributed by atoms with E-state index in [0.717, 1.165) is 27.9 Å². The summed E-state index contributed by atoms with van der Waals surface area (Å²) in [4.78, 5) is 13.8. The van der Waals surface area contributed by atoms with Crippen molar-refractivity contribution in [1.82, 2.24) is 15.4 Å². The molecule has 0 aliphatic rings. The molecule has 2 aromatic carbocycles. The van der Waals surface area contributed by atoms with Gasteiger partial charge in [0.25, 0.3) is 0 Å². The van der Waals surface area contributed by atoms with Crippen LogP contribution in [0.25, 0.3) is 11.3 Å². The minimum absolute atomic E-state index is 0.165. The Bertz CT molecular complexity index is 881. The lowest BCUT2D eigenvalue weighted by Crippen LogP contribution is -2.37. The number of halogens is 1. The third-order valence-corrected chi connectivity index (χ3v) is 4.64. The van der Waals surface area contributed by atoms with Crippen LogP contribution in [0, 0.1) is 0 Å². The zero-order valence-electron chi connectivity index (χ0n) is 15.6. The summed E-state index contributed by atoms with van der Waals surface area (Å²) in [6, 6.07) is 19.1. The van der Waals surface area contributed by atoms with E-state index in [9.17, 15) is 4.79 Å². The van der Waals surface area contributed by atoms with E-state index in [2.05, 4.69) is 26.4 Å². The minimum Gasteiger partial charge on any atom is -0.494 e. The van der Waals surface area contributed by atoms with Crippen molar-refractivity contribution in [2.24, 2.45) is 0 Å². The van der Waals surface area contributed by atoms with E-state index in [0.29, 0.717) is 25.5 Å². The SMILES string of the molecule is CN(CCCOc1ccc(Br)cc1)C(=O)NCc1cc(-c2ccccc2)no1. The van der Waals surface area contributed by atoms with Crippen molar-refractivity contribution in [1.29, 1.82) is 0 Å². The maximum absolute atomic E-state index is 12.2. The number of carbonyl (C=O) groups excluding carboxylic acids is 1. The fourth-order valence-electron chi connectivity index (χ4n) is 2.56. The molecule has 1 aromatic heterocycles. The highest BCUT2D eigenvalue weighted by Gasteiger charge is 2.11. The van der Waals surface area contributed by atoms with Crippen LogP contribution in [0.3, 0.4) is 0 Å². The lowest BCUT2D eigenvalue weighted by atomic mass is 10.1. The number of benzene rings is 2. The van der Waals surface area contributed by atoms with Crippen molar-refractivity contribution < 1.29 is 14.1 Å². The van der Waals surface area contributed by atoms with Crippen molar-refractivity contribution in [3.8, 4) is 17.0 Å². The quantitative estimate of drug-likeness (QED) is 0.511. The monoisotopic (exact) mass is 443 g/mol. The summed E-state index contributed by atoms with van der Waals surface area (Å²) in [6.07, 6.45) is 0.737. The van der Waals surface area contributed by atoms with Crippen molar-refractivity contribution >= 4 is 22.0 Å². The molecule has 7 heteroatoms. The topological polar surface area (TPSA) is 67.6 Å². The molecule has 2 amide bonds. The molecule has 28 heavy (non-hydrogen) atoms. The second-order valence-corrected chi connectivity index (χ2v) is 7.20. The van der Waals surface area contributed by atoms with E-state index >= 15 is 0 Å². The maximum Gasteiger partial charge on any atom is 0.317 e. The number of hydrogen-bond acceptors (Lipinski definition) is 4. The molecule has 0 aliphatic heterocycles. The van der Waals surface area contributed by atoms with E-state index in [-0.39, 0.29) is 6.03 Å². The van der Waals surface area contributed by atoms with Gasteiger partial charge in [0.05, 0.1) is 13.2 Å². The first kappa shape index (κ1) is 19.9. The average molecular weight is 444 g/mol. The molecule has 146 valence electrons. The summed E-state index contributed by atoms with van der Waals surface area (Å²) in [5, 5.41) is 6.88. The smallest absolute Gasteiger partial charge is 0.317 e. The first-order chi connectivity index (χ1) is 13.6. The molecule has 6 nitrogen and oxygen atoms in total. The second-order valence-electron chi connectivity index (χ2n) is 6.28. The molecule has 0 atom stereocenters. The maximum atomic E-state index is 12.2. The van der Waals surface area contributed by atoms with Gasteiger partial charge in [-0.15, -0.1) is 0 Å². The number of carbonyl (C=O) groups is 1. The molecule has 3 aromatic rings. The van der Waals surface area contributed by atoms with Crippen LogP contribution in [0.5, 0.6) is 5.75 Å². The fourth-order valence-corrected chi connectivity index (χ4v) is 2.83. The molecule has 0 unspecified atom stereocenters. The number of aromatic nitrogens is 1. The van der Waals surface area contributed by atoms with Gasteiger partial charge in [0.15, 0.2) is 5.76 Å². The Morgan fingerprint density at radius 1 is 1.18 bits per heavy atom. The standard InChI is InChI=1S/C21H22BrN3O3/c1-25(12-5-13-27-18-10-8-17(22)9-11-18)21(26)23-15-19-14-20(24-28-19)16-6-3-2-4-7-16/h2-4,6-11,14H,5,12-13,15H2,1H3,(H,23,26). The zero-order valence-corrected chi connectivity index (χ0v) is 17.2. The van der Waals surface area contributed by atoms with E-state index in [1.807, 2.05) is 60.7 Å². The van der Waals surface area contributed by atoms with Crippen LogP contribution < -0.4 is 10.1 Å². The number of ether oxygens (including phenoxy) is 1. The summed E-state index contributed by atoms with van der Waals surface area (Å²) in [7, 11) is 1.75. The number of hydrogen-bond donors (Lipinski definition) is 1. The van der Waals surface area contributed by atoms with E-state index in [4.69, 9.17) is 9.26 Å². The number of rotatable bonds is 8. The molecule has 0 saturated heterocycles. The number of amides is 2. The Balaban J connectivity index is 1.37. The number of urea groups is 1. The third kappa shape index (κ3) is 5.85. The molecule has 1 heterocycles. The molecular weight excluding hydrogens is 422 g/mol. The largest absolute Gasteiger partial charge is 0.494 e. The average Bonchev–Trinajstić information content (AvgIpc) is 3.20. The Kier molecular flexibility index (Phi) is 7.08. The van der Waals surface area contributed by atoms with Gasteiger partial charge in [0.2, 0.25) is 0 Å².